The summed E-state index contributed by atoms with van der Waals surface area (Å²) in [5.74, 6) is -0.947. The van der Waals surface area contributed by atoms with Gasteiger partial charge in [-0.2, -0.15) is 0 Å². The Hall–Kier alpha value is -3.10. The van der Waals surface area contributed by atoms with E-state index >= 15 is 0 Å². The van der Waals surface area contributed by atoms with Gasteiger partial charge in [-0.15, -0.1) is 0 Å². The van der Waals surface area contributed by atoms with Gasteiger partial charge in [-0.3, -0.25) is 19.3 Å². The van der Waals surface area contributed by atoms with Gasteiger partial charge in [0, 0.05) is 0 Å². The van der Waals surface area contributed by atoms with Gasteiger partial charge in [0.05, 0.1) is 24.8 Å². The number of hydroxylamine groups is 1. The molecule has 4 rings (SSSR count). The maximum atomic E-state index is 12.1. The lowest BCUT2D eigenvalue weighted by atomic mass is 9.79. The maximum absolute atomic E-state index is 12.1. The van der Waals surface area contributed by atoms with Gasteiger partial charge in [0.15, 0.2) is 6.00 Å². The van der Waals surface area contributed by atoms with E-state index in [0.717, 1.165) is 11.3 Å². The van der Waals surface area contributed by atoms with E-state index in [1.807, 2.05) is 66.7 Å². The molecule has 2 aromatic rings. The Morgan fingerprint density at radius 3 is 2.07 bits per heavy atom. The van der Waals surface area contributed by atoms with Gasteiger partial charge < -0.3 is 9.31 Å². The Labute approximate surface area is 169 Å². The molecule has 2 aliphatic heterocycles. The molecule has 0 amide bonds. The smallest absolute Gasteiger partial charge is 0.496 e. The minimum atomic E-state index is -1.15. The van der Waals surface area contributed by atoms with Gasteiger partial charge in [0.25, 0.3) is 0 Å². The molecule has 0 aromatic heterocycles. The maximum Gasteiger partial charge on any atom is 0.636 e. The van der Waals surface area contributed by atoms with Crippen molar-refractivity contribution in [1.82, 2.24) is 4.90 Å². The van der Waals surface area contributed by atoms with E-state index in [1.54, 1.807) is 23.1 Å². The van der Waals surface area contributed by atoms with Gasteiger partial charge in [-0.25, -0.2) is 5.06 Å². The second kappa shape index (κ2) is 8.51. The lowest BCUT2D eigenvalue weighted by molar-refractivity contribution is -0.147. The monoisotopic (exact) mass is 392 g/mol. The molecule has 8 heteroatoms. The van der Waals surface area contributed by atoms with E-state index in [-0.39, 0.29) is 19.1 Å². The van der Waals surface area contributed by atoms with Crippen LogP contribution in [0.15, 0.2) is 72.8 Å². The standard InChI is InChI=1S/C21H21BN2O5/c1-23-14-20(25)27-22(28-21(26)15-23)19-13-12-18(16-8-4-2-5-9-16)24(29-19)17-10-6-3-7-11-17/h2-13,18-19H,14-15H2,1H3/t18-,19+/m1/s1. The zero-order chi connectivity index (χ0) is 20.2. The highest BCUT2D eigenvalue weighted by Gasteiger charge is 2.43. The minimum Gasteiger partial charge on any atom is -0.496 e. The lowest BCUT2D eigenvalue weighted by Crippen LogP contribution is -2.51. The molecule has 7 nitrogen and oxygen atoms in total. The molecule has 1 saturated heterocycles. The summed E-state index contributed by atoms with van der Waals surface area (Å²) in [5, 5.41) is 1.74. The number of anilines is 1. The summed E-state index contributed by atoms with van der Waals surface area (Å²) < 4.78 is 10.7. The van der Waals surface area contributed by atoms with Gasteiger partial charge in [-0.1, -0.05) is 60.7 Å². The van der Waals surface area contributed by atoms with Crippen LogP contribution in [-0.4, -0.2) is 50.1 Å². The number of nitrogens with zero attached hydrogens (tertiary/aromatic N) is 2. The Morgan fingerprint density at radius 1 is 0.862 bits per heavy atom. The second-order valence-corrected chi connectivity index (χ2v) is 6.99. The normalized spacial score (nSPS) is 23.2. The molecule has 2 aliphatic rings. The molecule has 0 saturated carbocycles. The van der Waals surface area contributed by atoms with Gasteiger partial charge in [-0.05, 0) is 24.7 Å². The molecule has 0 N–H and O–H groups in total. The molecule has 2 heterocycles. The average Bonchev–Trinajstić information content (AvgIpc) is 2.73. The topological polar surface area (TPSA) is 68.3 Å². The van der Waals surface area contributed by atoms with Crippen LogP contribution in [0.1, 0.15) is 11.6 Å². The van der Waals surface area contributed by atoms with Gasteiger partial charge >= 0.3 is 19.1 Å². The van der Waals surface area contributed by atoms with E-state index < -0.39 is 25.1 Å². The fourth-order valence-corrected chi connectivity index (χ4v) is 3.35. The van der Waals surface area contributed by atoms with E-state index in [9.17, 15) is 9.59 Å². The van der Waals surface area contributed by atoms with Gasteiger partial charge in [0.2, 0.25) is 0 Å². The Kier molecular flexibility index (Phi) is 5.64. The van der Waals surface area contributed by atoms with Crippen molar-refractivity contribution in [1.29, 1.82) is 0 Å². The van der Waals surface area contributed by atoms with Crippen molar-refractivity contribution >= 4 is 24.7 Å². The Balaban J connectivity index is 1.63. The molecule has 0 unspecified atom stereocenters. The number of hydrogen-bond acceptors (Lipinski definition) is 7. The SMILES string of the molecule is CN1CC(=O)OB([C@@H]2C=C[C@H](c3ccccc3)N(c3ccccc3)O2)OC(=O)C1. The molecule has 0 bridgehead atoms. The molecule has 1 fully saturated rings. The van der Waals surface area contributed by atoms with E-state index in [4.69, 9.17) is 14.1 Å². The highest BCUT2D eigenvalue weighted by atomic mass is 16.7. The third-order valence-corrected chi connectivity index (χ3v) is 4.68. The van der Waals surface area contributed by atoms with E-state index in [0.29, 0.717) is 0 Å². The zero-order valence-corrected chi connectivity index (χ0v) is 16.0. The molecule has 2 atom stereocenters. The first kappa shape index (κ1) is 19.2. The van der Waals surface area contributed by atoms with Crippen molar-refractivity contribution in [2.24, 2.45) is 0 Å². The van der Waals surface area contributed by atoms with Crippen LogP contribution in [0.3, 0.4) is 0 Å². The minimum absolute atomic E-state index is 0.0110. The van der Waals surface area contributed by atoms with Crippen LogP contribution in [0, 0.1) is 0 Å². The number of carbonyl (C=O) groups excluding carboxylic acids is 2. The number of likely N-dealkylation sites (N-methyl/N-ethyl adjacent to an activating group) is 1. The summed E-state index contributed by atoms with van der Waals surface area (Å²) in [5.41, 5.74) is 1.87. The second-order valence-electron chi connectivity index (χ2n) is 6.99. The van der Waals surface area contributed by atoms with Crippen molar-refractivity contribution in [2.45, 2.75) is 12.0 Å². The summed E-state index contributed by atoms with van der Waals surface area (Å²) in [7, 11) is 0.504. The number of rotatable bonds is 3. The third kappa shape index (κ3) is 4.50. The highest BCUT2D eigenvalue weighted by Crippen LogP contribution is 2.33. The first-order valence-corrected chi connectivity index (χ1v) is 9.42. The van der Waals surface area contributed by atoms with Crippen LogP contribution < -0.4 is 5.06 Å². The summed E-state index contributed by atoms with van der Waals surface area (Å²) in [4.78, 5) is 31.9. The molecule has 0 aliphatic carbocycles. The molecule has 0 radical (unpaired) electrons. The van der Waals surface area contributed by atoms with Crippen molar-refractivity contribution in [3.8, 4) is 0 Å². The van der Waals surface area contributed by atoms with Crippen molar-refractivity contribution in [2.75, 3.05) is 25.2 Å². The third-order valence-electron chi connectivity index (χ3n) is 4.68. The first-order valence-electron chi connectivity index (χ1n) is 9.42. The Morgan fingerprint density at radius 2 is 1.45 bits per heavy atom. The quantitative estimate of drug-likeness (QED) is 0.586. The molecule has 29 heavy (non-hydrogen) atoms. The van der Waals surface area contributed by atoms with E-state index in [1.165, 1.54) is 0 Å². The molecule has 2 aromatic carbocycles. The molecule has 148 valence electrons. The summed E-state index contributed by atoms with van der Waals surface area (Å²) >= 11 is 0. The number of para-hydroxylation sites is 1. The van der Waals surface area contributed by atoms with Crippen LogP contribution in [0.4, 0.5) is 5.69 Å². The van der Waals surface area contributed by atoms with Crippen LogP contribution in [0.2, 0.25) is 0 Å². The van der Waals surface area contributed by atoms with Crippen molar-refractivity contribution < 1.29 is 23.7 Å². The van der Waals surface area contributed by atoms with Crippen LogP contribution in [0.5, 0.6) is 0 Å². The highest BCUT2D eigenvalue weighted by molar-refractivity contribution is 6.51. The lowest BCUT2D eigenvalue weighted by Gasteiger charge is -2.37. The zero-order valence-electron chi connectivity index (χ0n) is 16.0. The van der Waals surface area contributed by atoms with Crippen molar-refractivity contribution in [3.63, 3.8) is 0 Å². The summed E-state index contributed by atoms with van der Waals surface area (Å²) in [6, 6.07) is 18.6. The number of benzene rings is 2. The number of carbonyl (C=O) groups is 2. The van der Waals surface area contributed by atoms with Crippen LogP contribution in [-0.2, 0) is 23.7 Å². The van der Waals surface area contributed by atoms with Crippen LogP contribution in [0.25, 0.3) is 0 Å². The molecular formula is C21H21BN2O5. The fraction of sp³-hybridized carbons (Fsp3) is 0.238. The summed E-state index contributed by atoms with van der Waals surface area (Å²) in [6.45, 7) is 0.0220. The first-order chi connectivity index (χ1) is 14.1. The van der Waals surface area contributed by atoms with Gasteiger partial charge in [0.1, 0.15) is 0 Å². The molecular weight excluding hydrogens is 371 g/mol. The largest absolute Gasteiger partial charge is 0.636 e. The Bertz CT molecular complexity index is 872. The van der Waals surface area contributed by atoms with E-state index in [2.05, 4.69) is 0 Å². The molecule has 0 spiro atoms. The van der Waals surface area contributed by atoms with Crippen LogP contribution >= 0.6 is 0 Å². The number of hydrogen-bond donors (Lipinski definition) is 0. The average molecular weight is 392 g/mol. The predicted octanol–water partition coefficient (Wildman–Crippen LogP) is 2.16. The van der Waals surface area contributed by atoms with Crippen molar-refractivity contribution in [3.05, 3.63) is 78.4 Å². The predicted molar refractivity (Wildman–Crippen MR) is 108 cm³/mol. The fourth-order valence-electron chi connectivity index (χ4n) is 3.35. The summed E-state index contributed by atoms with van der Waals surface area (Å²) in [6.07, 6.45) is 3.73.